The van der Waals surface area contributed by atoms with Crippen molar-refractivity contribution in [2.75, 3.05) is 0 Å². The molecule has 19 heavy (non-hydrogen) atoms. The summed E-state index contributed by atoms with van der Waals surface area (Å²) in [5.41, 5.74) is 3.97. The molecule has 0 radical (unpaired) electrons. The standard InChI is InChI=1S/C13H12Cl2FN3/c14-10-2-1-8(5-11(10)15)6-13(19-17)9-3-4-18-7-12(9)16/h1-5,7,13,19H,6,17H2. The third kappa shape index (κ3) is 3.42. The molecule has 1 unspecified atom stereocenters. The highest BCUT2D eigenvalue weighted by atomic mass is 35.5. The molecule has 0 aliphatic heterocycles. The van der Waals surface area contributed by atoms with Gasteiger partial charge in [0, 0.05) is 11.8 Å². The Kier molecular flexibility index (Phi) is 4.71. The molecule has 0 aliphatic rings. The number of nitrogens with zero attached hydrogens (tertiary/aromatic N) is 1. The molecular weight excluding hydrogens is 288 g/mol. The van der Waals surface area contributed by atoms with Gasteiger partial charge in [0.05, 0.1) is 22.3 Å². The van der Waals surface area contributed by atoms with Crippen molar-refractivity contribution in [2.45, 2.75) is 12.5 Å². The summed E-state index contributed by atoms with van der Waals surface area (Å²) in [6.45, 7) is 0. The predicted octanol–water partition coefficient (Wildman–Crippen LogP) is 3.27. The molecule has 1 aromatic heterocycles. The molecule has 1 atom stereocenters. The first-order valence-corrected chi connectivity index (χ1v) is 6.37. The fourth-order valence-electron chi connectivity index (χ4n) is 1.83. The summed E-state index contributed by atoms with van der Waals surface area (Å²) < 4.78 is 13.7. The third-order valence-corrected chi connectivity index (χ3v) is 3.54. The van der Waals surface area contributed by atoms with Crippen LogP contribution in [0.4, 0.5) is 4.39 Å². The van der Waals surface area contributed by atoms with E-state index < -0.39 is 5.82 Å². The van der Waals surface area contributed by atoms with Gasteiger partial charge < -0.3 is 0 Å². The second-order valence-corrected chi connectivity index (χ2v) is 4.88. The molecule has 100 valence electrons. The molecule has 1 aromatic carbocycles. The molecule has 0 spiro atoms. The van der Waals surface area contributed by atoms with Crippen LogP contribution in [0.2, 0.25) is 10.0 Å². The zero-order chi connectivity index (χ0) is 13.8. The minimum Gasteiger partial charge on any atom is -0.271 e. The van der Waals surface area contributed by atoms with Gasteiger partial charge in [-0.1, -0.05) is 29.3 Å². The highest BCUT2D eigenvalue weighted by Gasteiger charge is 2.15. The van der Waals surface area contributed by atoms with Crippen molar-refractivity contribution in [3.05, 3.63) is 63.6 Å². The summed E-state index contributed by atoms with van der Waals surface area (Å²) in [6.07, 6.45) is 3.18. The third-order valence-electron chi connectivity index (χ3n) is 2.80. The van der Waals surface area contributed by atoms with Crippen LogP contribution in [-0.4, -0.2) is 4.98 Å². The van der Waals surface area contributed by atoms with Crippen LogP contribution in [0.25, 0.3) is 0 Å². The topological polar surface area (TPSA) is 50.9 Å². The van der Waals surface area contributed by atoms with E-state index in [-0.39, 0.29) is 6.04 Å². The summed E-state index contributed by atoms with van der Waals surface area (Å²) in [5, 5.41) is 0.947. The maximum atomic E-state index is 13.7. The Bertz CT molecular complexity index is 578. The van der Waals surface area contributed by atoms with Gasteiger partial charge in [-0.25, -0.2) is 4.39 Å². The highest BCUT2D eigenvalue weighted by molar-refractivity contribution is 6.42. The zero-order valence-electron chi connectivity index (χ0n) is 9.91. The number of aromatic nitrogens is 1. The van der Waals surface area contributed by atoms with Gasteiger partial charge in [-0.05, 0) is 30.2 Å². The lowest BCUT2D eigenvalue weighted by Gasteiger charge is -2.17. The highest BCUT2D eigenvalue weighted by Crippen LogP contribution is 2.26. The molecule has 0 amide bonds. The monoisotopic (exact) mass is 299 g/mol. The Morgan fingerprint density at radius 1 is 1.26 bits per heavy atom. The van der Waals surface area contributed by atoms with Crippen LogP contribution in [0, 0.1) is 5.82 Å². The SMILES string of the molecule is NNC(Cc1ccc(Cl)c(Cl)c1)c1ccncc1F. The van der Waals surface area contributed by atoms with Gasteiger partial charge >= 0.3 is 0 Å². The lowest BCUT2D eigenvalue weighted by atomic mass is 10.00. The first-order valence-electron chi connectivity index (χ1n) is 5.61. The molecule has 0 saturated carbocycles. The maximum Gasteiger partial charge on any atom is 0.146 e. The van der Waals surface area contributed by atoms with E-state index in [0.717, 1.165) is 11.8 Å². The number of rotatable bonds is 4. The van der Waals surface area contributed by atoms with E-state index in [0.29, 0.717) is 22.0 Å². The number of pyridine rings is 1. The molecular formula is C13H12Cl2FN3. The number of halogens is 3. The molecule has 3 N–H and O–H groups in total. The first-order chi connectivity index (χ1) is 9.11. The van der Waals surface area contributed by atoms with Gasteiger partial charge in [-0.15, -0.1) is 0 Å². The van der Waals surface area contributed by atoms with Gasteiger partial charge in [-0.2, -0.15) is 0 Å². The molecule has 0 fully saturated rings. The van der Waals surface area contributed by atoms with Crippen LogP contribution in [0.1, 0.15) is 17.2 Å². The normalized spacial score (nSPS) is 12.4. The number of benzene rings is 1. The molecule has 6 heteroatoms. The van der Waals surface area contributed by atoms with E-state index in [9.17, 15) is 4.39 Å². The Morgan fingerprint density at radius 3 is 2.68 bits per heavy atom. The lowest BCUT2D eigenvalue weighted by Crippen LogP contribution is -2.30. The van der Waals surface area contributed by atoms with Crippen molar-refractivity contribution in [3.63, 3.8) is 0 Å². The number of nitrogens with one attached hydrogen (secondary N) is 1. The number of hydrogen-bond acceptors (Lipinski definition) is 3. The average molecular weight is 300 g/mol. The number of nitrogens with two attached hydrogens (primary N) is 1. The Balaban J connectivity index is 2.24. The van der Waals surface area contributed by atoms with Gasteiger partial charge in [-0.3, -0.25) is 16.3 Å². The second kappa shape index (κ2) is 6.30. The lowest BCUT2D eigenvalue weighted by molar-refractivity contribution is 0.508. The van der Waals surface area contributed by atoms with Crippen LogP contribution < -0.4 is 11.3 Å². The molecule has 0 aliphatic carbocycles. The Morgan fingerprint density at radius 2 is 2.05 bits per heavy atom. The molecule has 0 bridgehead atoms. The minimum absolute atomic E-state index is 0.361. The van der Waals surface area contributed by atoms with Gasteiger partial charge in [0.25, 0.3) is 0 Å². The summed E-state index contributed by atoms with van der Waals surface area (Å²) in [6, 6.07) is 6.51. The quantitative estimate of drug-likeness (QED) is 0.673. The van der Waals surface area contributed by atoms with Crippen molar-refractivity contribution >= 4 is 23.2 Å². The summed E-state index contributed by atoms with van der Waals surface area (Å²) in [5.74, 6) is 5.10. The molecule has 2 rings (SSSR count). The fraction of sp³-hybridized carbons (Fsp3) is 0.154. The Labute approximate surface area is 120 Å². The van der Waals surface area contributed by atoms with Crippen LogP contribution >= 0.6 is 23.2 Å². The van der Waals surface area contributed by atoms with E-state index in [1.54, 1.807) is 18.2 Å². The summed E-state index contributed by atoms with van der Waals surface area (Å²) >= 11 is 11.8. The van der Waals surface area contributed by atoms with Crippen molar-refractivity contribution in [2.24, 2.45) is 5.84 Å². The van der Waals surface area contributed by atoms with E-state index >= 15 is 0 Å². The van der Waals surface area contributed by atoms with Crippen molar-refractivity contribution in [3.8, 4) is 0 Å². The van der Waals surface area contributed by atoms with E-state index in [1.807, 2.05) is 6.07 Å². The Hall–Kier alpha value is -1.20. The summed E-state index contributed by atoms with van der Waals surface area (Å²) in [7, 11) is 0. The second-order valence-electron chi connectivity index (χ2n) is 4.07. The van der Waals surface area contributed by atoms with E-state index in [1.165, 1.54) is 6.20 Å². The van der Waals surface area contributed by atoms with Gasteiger partial charge in [0.2, 0.25) is 0 Å². The molecule has 1 heterocycles. The molecule has 2 aromatic rings. The molecule has 3 nitrogen and oxygen atoms in total. The number of hydrazine groups is 1. The van der Waals surface area contributed by atoms with Crippen LogP contribution in [0.3, 0.4) is 0 Å². The van der Waals surface area contributed by atoms with E-state index in [2.05, 4.69) is 10.4 Å². The average Bonchev–Trinajstić information content (AvgIpc) is 2.41. The number of hydrogen-bond donors (Lipinski definition) is 2. The smallest absolute Gasteiger partial charge is 0.146 e. The molecule has 0 saturated heterocycles. The van der Waals surface area contributed by atoms with E-state index in [4.69, 9.17) is 29.0 Å². The minimum atomic E-state index is -0.398. The van der Waals surface area contributed by atoms with Crippen LogP contribution in [0.15, 0.2) is 36.7 Å². The largest absolute Gasteiger partial charge is 0.271 e. The van der Waals surface area contributed by atoms with Gasteiger partial charge in [0.1, 0.15) is 5.82 Å². The fourth-order valence-corrected chi connectivity index (χ4v) is 2.15. The van der Waals surface area contributed by atoms with Crippen molar-refractivity contribution in [1.29, 1.82) is 0 Å². The van der Waals surface area contributed by atoms with Crippen LogP contribution in [-0.2, 0) is 6.42 Å². The first kappa shape index (κ1) is 14.2. The maximum absolute atomic E-state index is 13.7. The van der Waals surface area contributed by atoms with Crippen LogP contribution in [0.5, 0.6) is 0 Å². The summed E-state index contributed by atoms with van der Waals surface area (Å²) in [4.78, 5) is 3.71. The predicted molar refractivity (Wildman–Crippen MR) is 74.4 cm³/mol. The van der Waals surface area contributed by atoms with Crippen molar-refractivity contribution in [1.82, 2.24) is 10.4 Å². The zero-order valence-corrected chi connectivity index (χ0v) is 11.4. The van der Waals surface area contributed by atoms with Crippen molar-refractivity contribution < 1.29 is 4.39 Å². The van der Waals surface area contributed by atoms with Gasteiger partial charge in [0.15, 0.2) is 0 Å².